The summed E-state index contributed by atoms with van der Waals surface area (Å²) >= 11 is 0. The van der Waals surface area contributed by atoms with Crippen LogP contribution in [0.3, 0.4) is 0 Å². The molecule has 0 saturated carbocycles. The van der Waals surface area contributed by atoms with Gasteiger partial charge in [0.15, 0.2) is 0 Å². The summed E-state index contributed by atoms with van der Waals surface area (Å²) in [5.41, 5.74) is 0. The molecule has 1 aromatic rings. The standard InChI is InChI=1S/C12H14FNO2S/c13-11-5-7-12(8-6-11)17(15,16)14-9-3-1-2-4-10-14/h1,3,5-8H,2,4,9-10H2. The van der Waals surface area contributed by atoms with Crippen molar-refractivity contribution in [2.45, 2.75) is 17.7 Å². The Bertz CT molecular complexity index is 508. The highest BCUT2D eigenvalue weighted by atomic mass is 32.2. The van der Waals surface area contributed by atoms with E-state index in [0.29, 0.717) is 13.1 Å². The van der Waals surface area contributed by atoms with Crippen molar-refractivity contribution in [3.63, 3.8) is 0 Å². The lowest BCUT2D eigenvalue weighted by molar-refractivity contribution is 0.442. The lowest BCUT2D eigenvalue weighted by Gasteiger charge is -2.19. The zero-order valence-corrected chi connectivity index (χ0v) is 10.2. The SMILES string of the molecule is O=S(=O)(c1ccc(F)cc1)N1CC=CCCC1. The molecule has 17 heavy (non-hydrogen) atoms. The van der Waals surface area contributed by atoms with Gasteiger partial charge < -0.3 is 0 Å². The molecule has 1 heterocycles. The molecule has 0 unspecified atom stereocenters. The second-order valence-electron chi connectivity index (χ2n) is 3.93. The van der Waals surface area contributed by atoms with Crippen molar-refractivity contribution in [2.75, 3.05) is 13.1 Å². The van der Waals surface area contributed by atoms with Gasteiger partial charge in [0, 0.05) is 13.1 Å². The fourth-order valence-electron chi connectivity index (χ4n) is 1.76. The van der Waals surface area contributed by atoms with Crippen molar-refractivity contribution in [2.24, 2.45) is 0 Å². The van der Waals surface area contributed by atoms with Gasteiger partial charge in [0.05, 0.1) is 4.90 Å². The lowest BCUT2D eigenvalue weighted by atomic mass is 10.3. The minimum atomic E-state index is -3.49. The maximum Gasteiger partial charge on any atom is 0.243 e. The Hall–Kier alpha value is -1.20. The topological polar surface area (TPSA) is 37.4 Å². The van der Waals surface area contributed by atoms with Crippen LogP contribution >= 0.6 is 0 Å². The van der Waals surface area contributed by atoms with Crippen LogP contribution in [-0.2, 0) is 10.0 Å². The molecule has 0 bridgehead atoms. The molecule has 0 aromatic heterocycles. The van der Waals surface area contributed by atoms with E-state index >= 15 is 0 Å². The number of rotatable bonds is 2. The number of hydrogen-bond donors (Lipinski definition) is 0. The number of hydrogen-bond acceptors (Lipinski definition) is 2. The number of benzene rings is 1. The molecular formula is C12H14FNO2S. The summed E-state index contributed by atoms with van der Waals surface area (Å²) in [5.74, 6) is -0.431. The Morgan fingerprint density at radius 1 is 1.12 bits per heavy atom. The zero-order chi connectivity index (χ0) is 12.3. The molecule has 0 atom stereocenters. The summed E-state index contributed by atoms with van der Waals surface area (Å²) in [4.78, 5) is 0.147. The second kappa shape index (κ2) is 4.98. The maximum absolute atomic E-state index is 12.8. The van der Waals surface area contributed by atoms with Gasteiger partial charge in [0.25, 0.3) is 0 Å². The van der Waals surface area contributed by atoms with E-state index in [1.807, 2.05) is 12.2 Å². The van der Waals surface area contributed by atoms with Gasteiger partial charge in [-0.25, -0.2) is 12.8 Å². The van der Waals surface area contributed by atoms with Crippen LogP contribution in [0.15, 0.2) is 41.3 Å². The van der Waals surface area contributed by atoms with Crippen molar-refractivity contribution >= 4 is 10.0 Å². The van der Waals surface area contributed by atoms with Crippen LogP contribution in [0.2, 0.25) is 0 Å². The molecule has 3 nitrogen and oxygen atoms in total. The smallest absolute Gasteiger partial charge is 0.207 e. The second-order valence-corrected chi connectivity index (χ2v) is 5.87. The van der Waals surface area contributed by atoms with Crippen molar-refractivity contribution < 1.29 is 12.8 Å². The van der Waals surface area contributed by atoms with E-state index in [0.717, 1.165) is 12.8 Å². The molecule has 2 rings (SSSR count). The van der Waals surface area contributed by atoms with Crippen LogP contribution in [0.5, 0.6) is 0 Å². The predicted octanol–water partition coefficient (Wildman–Crippen LogP) is 2.17. The molecular weight excluding hydrogens is 241 g/mol. The normalized spacial score (nSPS) is 17.9. The van der Waals surface area contributed by atoms with Crippen LogP contribution in [0.4, 0.5) is 4.39 Å². The summed E-state index contributed by atoms with van der Waals surface area (Å²) in [7, 11) is -3.49. The first kappa shape index (κ1) is 12.3. The Morgan fingerprint density at radius 3 is 2.53 bits per heavy atom. The van der Waals surface area contributed by atoms with Crippen molar-refractivity contribution in [3.05, 3.63) is 42.2 Å². The molecule has 0 radical (unpaired) electrons. The molecule has 1 aliphatic rings. The van der Waals surface area contributed by atoms with E-state index in [2.05, 4.69) is 0 Å². The number of halogens is 1. The molecule has 92 valence electrons. The van der Waals surface area contributed by atoms with Gasteiger partial charge >= 0.3 is 0 Å². The maximum atomic E-state index is 12.8. The Morgan fingerprint density at radius 2 is 1.82 bits per heavy atom. The van der Waals surface area contributed by atoms with Crippen LogP contribution < -0.4 is 0 Å². The fraction of sp³-hybridized carbons (Fsp3) is 0.333. The molecule has 1 aliphatic heterocycles. The molecule has 0 aliphatic carbocycles. The van der Waals surface area contributed by atoms with E-state index in [4.69, 9.17) is 0 Å². The van der Waals surface area contributed by atoms with Crippen LogP contribution in [0.1, 0.15) is 12.8 Å². The summed E-state index contributed by atoms with van der Waals surface area (Å²) in [6, 6.07) is 4.94. The summed E-state index contributed by atoms with van der Waals surface area (Å²) in [6.07, 6.45) is 5.56. The Labute approximate surface area is 101 Å². The highest BCUT2D eigenvalue weighted by Crippen LogP contribution is 2.18. The van der Waals surface area contributed by atoms with Gasteiger partial charge in [-0.15, -0.1) is 0 Å². The molecule has 0 saturated heterocycles. The number of sulfonamides is 1. The molecule has 5 heteroatoms. The van der Waals surface area contributed by atoms with E-state index in [1.165, 1.54) is 28.6 Å². The number of allylic oxidation sites excluding steroid dienone is 1. The first-order valence-electron chi connectivity index (χ1n) is 5.51. The lowest BCUT2D eigenvalue weighted by Crippen LogP contribution is -2.31. The van der Waals surface area contributed by atoms with Crippen molar-refractivity contribution in [1.29, 1.82) is 0 Å². The minimum Gasteiger partial charge on any atom is -0.207 e. The summed E-state index contributed by atoms with van der Waals surface area (Å²) in [5, 5.41) is 0. The third-order valence-electron chi connectivity index (χ3n) is 2.71. The molecule has 0 N–H and O–H groups in total. The van der Waals surface area contributed by atoms with Crippen molar-refractivity contribution in [1.82, 2.24) is 4.31 Å². The van der Waals surface area contributed by atoms with E-state index in [1.54, 1.807) is 0 Å². The molecule has 0 spiro atoms. The first-order chi connectivity index (χ1) is 8.10. The zero-order valence-electron chi connectivity index (χ0n) is 9.34. The highest BCUT2D eigenvalue weighted by molar-refractivity contribution is 7.89. The monoisotopic (exact) mass is 255 g/mol. The third kappa shape index (κ3) is 2.73. The predicted molar refractivity (Wildman–Crippen MR) is 63.5 cm³/mol. The third-order valence-corrected chi connectivity index (χ3v) is 4.58. The molecule has 0 amide bonds. The largest absolute Gasteiger partial charge is 0.243 e. The van der Waals surface area contributed by atoms with Crippen molar-refractivity contribution in [3.8, 4) is 0 Å². The summed E-state index contributed by atoms with van der Waals surface area (Å²) < 4.78 is 38.6. The highest BCUT2D eigenvalue weighted by Gasteiger charge is 2.23. The van der Waals surface area contributed by atoms with Gasteiger partial charge in [-0.1, -0.05) is 12.2 Å². The van der Waals surface area contributed by atoms with Crippen LogP contribution in [0, 0.1) is 5.82 Å². The van der Waals surface area contributed by atoms with Crippen LogP contribution in [-0.4, -0.2) is 25.8 Å². The fourth-order valence-corrected chi connectivity index (χ4v) is 3.19. The van der Waals surface area contributed by atoms with E-state index in [-0.39, 0.29) is 4.90 Å². The Kier molecular flexibility index (Phi) is 3.59. The average Bonchev–Trinajstić information content (AvgIpc) is 2.58. The Balaban J connectivity index is 2.29. The van der Waals surface area contributed by atoms with Crippen LogP contribution in [0.25, 0.3) is 0 Å². The quantitative estimate of drug-likeness (QED) is 0.759. The molecule has 1 aromatic carbocycles. The van der Waals surface area contributed by atoms with Gasteiger partial charge in [0.1, 0.15) is 5.82 Å². The van der Waals surface area contributed by atoms with E-state index < -0.39 is 15.8 Å². The average molecular weight is 255 g/mol. The summed E-state index contributed by atoms with van der Waals surface area (Å²) in [6.45, 7) is 0.895. The molecule has 0 fully saturated rings. The minimum absolute atomic E-state index is 0.147. The van der Waals surface area contributed by atoms with E-state index in [9.17, 15) is 12.8 Å². The number of nitrogens with zero attached hydrogens (tertiary/aromatic N) is 1. The van der Waals surface area contributed by atoms with Gasteiger partial charge in [-0.05, 0) is 37.1 Å². The first-order valence-corrected chi connectivity index (χ1v) is 6.95. The van der Waals surface area contributed by atoms with Gasteiger partial charge in [-0.3, -0.25) is 0 Å². The van der Waals surface area contributed by atoms with Gasteiger partial charge in [0.2, 0.25) is 10.0 Å². The van der Waals surface area contributed by atoms with Gasteiger partial charge in [-0.2, -0.15) is 4.31 Å².